The lowest BCUT2D eigenvalue weighted by Gasteiger charge is -2.00. The summed E-state index contributed by atoms with van der Waals surface area (Å²) in [6.45, 7) is 0. The van der Waals surface area contributed by atoms with Gasteiger partial charge in [-0.1, -0.05) is 0 Å². The molecule has 0 aliphatic carbocycles. The van der Waals surface area contributed by atoms with Crippen LogP contribution in [-0.4, -0.2) is 41.8 Å². The van der Waals surface area contributed by atoms with E-state index in [2.05, 4.69) is 17.4 Å². The van der Waals surface area contributed by atoms with E-state index in [1.807, 2.05) is 11.8 Å². The second-order valence-electron chi connectivity index (χ2n) is 2.27. The van der Waals surface area contributed by atoms with E-state index in [1.54, 1.807) is 11.8 Å². The molecule has 0 fully saturated rings. The average Bonchev–Trinajstić information content (AvgIpc) is 2.16. The maximum Gasteiger partial charge on any atom is 0.306 e. The van der Waals surface area contributed by atoms with Crippen molar-refractivity contribution in [2.75, 3.05) is 35.9 Å². The number of carbonyl (C=O) groups excluding carboxylic acids is 1. The van der Waals surface area contributed by atoms with E-state index in [0.717, 1.165) is 28.8 Å². The third-order valence-corrected chi connectivity index (χ3v) is 4.04. The Hall–Kier alpha value is 0.520. The molecule has 5 heteroatoms. The maximum absolute atomic E-state index is 10.7. The van der Waals surface area contributed by atoms with Crippen molar-refractivity contribution in [3.63, 3.8) is 0 Å². The zero-order chi connectivity index (χ0) is 9.94. The second-order valence-corrected chi connectivity index (χ2v) is 5.17. The first-order valence-electron chi connectivity index (χ1n) is 4.14. The van der Waals surface area contributed by atoms with Gasteiger partial charge in [0.25, 0.3) is 0 Å². The molecular weight excluding hydrogens is 224 g/mol. The van der Waals surface area contributed by atoms with Gasteiger partial charge >= 0.3 is 5.97 Å². The molecule has 0 N–H and O–H groups in total. The number of hydrogen-bond acceptors (Lipinski definition) is 5. The summed E-state index contributed by atoms with van der Waals surface area (Å²) in [5.41, 5.74) is 0. The molecule has 13 heavy (non-hydrogen) atoms. The zero-order valence-corrected chi connectivity index (χ0v) is 10.4. The van der Waals surface area contributed by atoms with Crippen molar-refractivity contribution in [2.45, 2.75) is 6.42 Å². The molecule has 0 amide bonds. The van der Waals surface area contributed by atoms with Gasteiger partial charge in [-0.15, -0.1) is 0 Å². The molecule has 0 rings (SSSR count). The van der Waals surface area contributed by atoms with Crippen molar-refractivity contribution in [1.29, 1.82) is 0 Å². The van der Waals surface area contributed by atoms with Gasteiger partial charge in [-0.05, 0) is 5.75 Å². The first-order chi connectivity index (χ1) is 6.31. The first kappa shape index (κ1) is 13.5. The molecule has 0 aliphatic heterocycles. The number of rotatable bonds is 8. The fraction of sp³-hybridized carbons (Fsp3) is 0.875. The molecule has 0 saturated heterocycles. The predicted molar refractivity (Wildman–Crippen MR) is 65.1 cm³/mol. The van der Waals surface area contributed by atoms with Gasteiger partial charge in [0.2, 0.25) is 0 Å². The van der Waals surface area contributed by atoms with Gasteiger partial charge in [-0.25, -0.2) is 0 Å². The fourth-order valence-electron chi connectivity index (χ4n) is 0.644. The molecule has 0 spiro atoms. The van der Waals surface area contributed by atoms with E-state index in [4.69, 9.17) is 0 Å². The van der Waals surface area contributed by atoms with Gasteiger partial charge < -0.3 is 4.74 Å². The van der Waals surface area contributed by atoms with Gasteiger partial charge in [0.1, 0.15) is 0 Å². The lowest BCUT2D eigenvalue weighted by Crippen LogP contribution is -2.01. The summed E-state index contributed by atoms with van der Waals surface area (Å²) in [6, 6.07) is 0. The smallest absolute Gasteiger partial charge is 0.306 e. The van der Waals surface area contributed by atoms with Crippen LogP contribution in [0.5, 0.6) is 0 Å². The molecule has 0 aromatic heterocycles. The van der Waals surface area contributed by atoms with Crippen molar-refractivity contribution in [2.24, 2.45) is 0 Å². The Morgan fingerprint density at radius 3 is 2.38 bits per heavy atom. The molecule has 0 unspecified atom stereocenters. The van der Waals surface area contributed by atoms with Crippen LogP contribution in [-0.2, 0) is 9.53 Å². The Morgan fingerprint density at radius 2 is 1.85 bits per heavy atom. The van der Waals surface area contributed by atoms with Crippen molar-refractivity contribution in [1.82, 2.24) is 0 Å². The third-order valence-electron chi connectivity index (χ3n) is 1.29. The number of hydrogen-bond donors (Lipinski definition) is 1. The third kappa shape index (κ3) is 10.4. The Morgan fingerprint density at radius 1 is 1.23 bits per heavy atom. The monoisotopic (exact) mass is 240 g/mol. The highest BCUT2D eigenvalue weighted by Crippen LogP contribution is 2.08. The molecule has 0 aromatic rings. The molecule has 0 saturated carbocycles. The highest BCUT2D eigenvalue weighted by Gasteiger charge is 1.98. The van der Waals surface area contributed by atoms with E-state index in [0.29, 0.717) is 6.42 Å². The largest absolute Gasteiger partial charge is 0.469 e. The van der Waals surface area contributed by atoms with E-state index in [1.165, 1.54) is 7.11 Å². The standard InChI is InChI=1S/C8H16O2S3/c1-10-8(9)2-4-12-6-7-13-5-3-11/h11H,2-7H2,1H3. The number of esters is 1. The van der Waals surface area contributed by atoms with E-state index in [9.17, 15) is 4.79 Å². The summed E-state index contributed by atoms with van der Waals surface area (Å²) in [4.78, 5) is 10.7. The molecule has 2 nitrogen and oxygen atoms in total. The minimum atomic E-state index is -0.115. The highest BCUT2D eigenvalue weighted by atomic mass is 32.2. The highest BCUT2D eigenvalue weighted by molar-refractivity contribution is 8.03. The van der Waals surface area contributed by atoms with Gasteiger partial charge in [-0.2, -0.15) is 36.2 Å². The van der Waals surface area contributed by atoms with Crippen LogP contribution < -0.4 is 0 Å². The molecule has 0 radical (unpaired) electrons. The number of thioether (sulfide) groups is 2. The Kier molecular flexibility index (Phi) is 11.0. The van der Waals surface area contributed by atoms with E-state index < -0.39 is 0 Å². The van der Waals surface area contributed by atoms with E-state index in [-0.39, 0.29) is 5.97 Å². The number of ether oxygens (including phenoxy) is 1. The summed E-state index contributed by atoms with van der Waals surface area (Å²) < 4.78 is 4.53. The zero-order valence-electron chi connectivity index (χ0n) is 7.82. The molecule has 0 aliphatic rings. The summed E-state index contributed by atoms with van der Waals surface area (Å²) in [7, 11) is 1.43. The Labute approximate surface area is 94.0 Å². The summed E-state index contributed by atoms with van der Waals surface area (Å²) in [6.07, 6.45) is 0.526. The van der Waals surface area contributed by atoms with Crippen LogP contribution in [0.15, 0.2) is 0 Å². The Bertz CT molecular complexity index is 131. The Balaban J connectivity index is 2.95. The van der Waals surface area contributed by atoms with Crippen molar-refractivity contribution in [3.05, 3.63) is 0 Å². The molecular formula is C8H16O2S3. The van der Waals surface area contributed by atoms with Gasteiger partial charge in [0.05, 0.1) is 13.5 Å². The fourth-order valence-corrected chi connectivity index (χ4v) is 2.82. The number of carbonyl (C=O) groups is 1. The van der Waals surface area contributed by atoms with Crippen LogP contribution in [0.25, 0.3) is 0 Å². The lowest BCUT2D eigenvalue weighted by molar-refractivity contribution is -0.140. The maximum atomic E-state index is 10.7. The SMILES string of the molecule is COC(=O)CCSCCSCCS. The molecule has 0 atom stereocenters. The van der Waals surface area contributed by atoms with Gasteiger partial charge in [-0.3, -0.25) is 4.79 Å². The van der Waals surface area contributed by atoms with Crippen molar-refractivity contribution >= 4 is 42.1 Å². The van der Waals surface area contributed by atoms with Gasteiger partial charge in [0, 0.05) is 23.0 Å². The van der Waals surface area contributed by atoms with Crippen LogP contribution >= 0.6 is 36.2 Å². The number of thiol groups is 1. The normalized spacial score (nSPS) is 10.0. The van der Waals surface area contributed by atoms with Gasteiger partial charge in [0.15, 0.2) is 0 Å². The second kappa shape index (κ2) is 10.6. The van der Waals surface area contributed by atoms with E-state index >= 15 is 0 Å². The minimum absolute atomic E-state index is 0.115. The summed E-state index contributed by atoms with van der Waals surface area (Å²) in [5, 5.41) is 0. The quantitative estimate of drug-likeness (QED) is 0.398. The van der Waals surface area contributed by atoms with Crippen LogP contribution in [0.1, 0.15) is 6.42 Å². The molecule has 78 valence electrons. The molecule has 0 aromatic carbocycles. The lowest BCUT2D eigenvalue weighted by atomic mass is 10.5. The van der Waals surface area contributed by atoms with Crippen LogP contribution in [0.2, 0.25) is 0 Å². The summed E-state index contributed by atoms with van der Waals surface area (Å²) in [5.74, 6) is 5.06. The van der Waals surface area contributed by atoms with Crippen LogP contribution in [0, 0.1) is 0 Å². The predicted octanol–water partition coefficient (Wildman–Crippen LogP) is 1.95. The topological polar surface area (TPSA) is 26.3 Å². The molecule has 0 heterocycles. The average molecular weight is 240 g/mol. The van der Waals surface area contributed by atoms with Crippen molar-refractivity contribution in [3.8, 4) is 0 Å². The molecule has 0 bridgehead atoms. The van der Waals surface area contributed by atoms with Crippen LogP contribution in [0.4, 0.5) is 0 Å². The first-order valence-corrected chi connectivity index (χ1v) is 7.08. The minimum Gasteiger partial charge on any atom is -0.469 e. The number of methoxy groups -OCH3 is 1. The van der Waals surface area contributed by atoms with Crippen molar-refractivity contribution < 1.29 is 9.53 Å². The van der Waals surface area contributed by atoms with Crippen LogP contribution in [0.3, 0.4) is 0 Å². The summed E-state index contributed by atoms with van der Waals surface area (Å²) >= 11 is 7.82.